The van der Waals surface area contributed by atoms with Gasteiger partial charge in [0.25, 0.3) is 0 Å². The number of halogens is 1. The van der Waals surface area contributed by atoms with Crippen LogP contribution in [0.5, 0.6) is 11.5 Å². The van der Waals surface area contributed by atoms with Gasteiger partial charge in [0.1, 0.15) is 5.82 Å². The lowest BCUT2D eigenvalue weighted by Crippen LogP contribution is -2.24. The van der Waals surface area contributed by atoms with Gasteiger partial charge in [0, 0.05) is 25.1 Å². The zero-order valence-electron chi connectivity index (χ0n) is 14.8. The largest absolute Gasteiger partial charge is 0.454 e. The molecule has 142 valence electrons. The van der Waals surface area contributed by atoms with Gasteiger partial charge in [-0.15, -0.1) is 0 Å². The van der Waals surface area contributed by atoms with Crippen LogP contribution in [0.25, 0.3) is 11.4 Å². The zero-order valence-corrected chi connectivity index (χ0v) is 14.8. The first-order chi connectivity index (χ1) is 13.7. The Morgan fingerprint density at radius 1 is 1.14 bits per heavy atom. The minimum absolute atomic E-state index is 0.0215. The Balaban J connectivity index is 1.30. The van der Waals surface area contributed by atoms with Crippen LogP contribution in [0.4, 0.5) is 4.39 Å². The van der Waals surface area contributed by atoms with E-state index >= 15 is 0 Å². The van der Waals surface area contributed by atoms with Crippen LogP contribution in [-0.4, -0.2) is 34.3 Å². The number of fused-ring (bicyclic) bond motifs is 1. The van der Waals surface area contributed by atoms with E-state index in [-0.39, 0.29) is 24.4 Å². The second kappa shape index (κ2) is 6.63. The van der Waals surface area contributed by atoms with Crippen molar-refractivity contribution in [3.8, 4) is 22.9 Å². The Morgan fingerprint density at radius 3 is 2.93 bits per heavy atom. The van der Waals surface area contributed by atoms with Crippen molar-refractivity contribution in [1.29, 1.82) is 0 Å². The predicted molar refractivity (Wildman–Crippen MR) is 95.0 cm³/mol. The predicted octanol–water partition coefficient (Wildman–Crippen LogP) is 3.12. The van der Waals surface area contributed by atoms with Crippen molar-refractivity contribution in [2.24, 2.45) is 0 Å². The van der Waals surface area contributed by atoms with Gasteiger partial charge in [-0.2, -0.15) is 4.98 Å². The first-order valence-electron chi connectivity index (χ1n) is 8.91. The molecule has 7 nitrogen and oxygen atoms in total. The van der Waals surface area contributed by atoms with Gasteiger partial charge in [-0.05, 0) is 29.8 Å². The molecule has 1 atom stereocenters. The van der Waals surface area contributed by atoms with Crippen LogP contribution >= 0.6 is 0 Å². The molecule has 3 aromatic rings. The normalized spacial score (nSPS) is 18.1. The average Bonchev–Trinajstić information content (AvgIpc) is 3.42. The first-order valence-corrected chi connectivity index (χ1v) is 8.91. The Hall–Kier alpha value is -3.42. The molecule has 1 amide bonds. The summed E-state index contributed by atoms with van der Waals surface area (Å²) in [6.45, 7) is 1.17. The minimum Gasteiger partial charge on any atom is -0.454 e. The summed E-state index contributed by atoms with van der Waals surface area (Å²) in [5, 5.41) is 3.93. The SMILES string of the molecule is O=C1CC(c2nc(-c3cccc(F)c3)no2)CN1Cc1ccc2c(c1)OCO2. The average molecular weight is 381 g/mol. The summed E-state index contributed by atoms with van der Waals surface area (Å²) in [6.07, 6.45) is 0.301. The molecular formula is C20H16FN3O4. The van der Waals surface area contributed by atoms with Crippen LogP contribution < -0.4 is 9.47 Å². The lowest BCUT2D eigenvalue weighted by molar-refractivity contribution is -0.128. The number of ether oxygens (including phenoxy) is 2. The van der Waals surface area contributed by atoms with E-state index in [0.717, 1.165) is 5.56 Å². The minimum atomic E-state index is -0.366. The maximum absolute atomic E-state index is 13.4. The van der Waals surface area contributed by atoms with E-state index in [1.165, 1.54) is 12.1 Å². The maximum Gasteiger partial charge on any atom is 0.232 e. The molecule has 0 N–H and O–H groups in total. The summed E-state index contributed by atoms with van der Waals surface area (Å²) in [6, 6.07) is 11.7. The van der Waals surface area contributed by atoms with Crippen molar-refractivity contribution in [2.75, 3.05) is 13.3 Å². The van der Waals surface area contributed by atoms with Crippen LogP contribution in [0, 0.1) is 5.82 Å². The van der Waals surface area contributed by atoms with Gasteiger partial charge in [0.15, 0.2) is 11.5 Å². The fourth-order valence-corrected chi connectivity index (χ4v) is 3.50. The number of nitrogens with zero attached hydrogens (tertiary/aromatic N) is 3. The zero-order chi connectivity index (χ0) is 19.1. The molecule has 0 spiro atoms. The quantitative estimate of drug-likeness (QED) is 0.691. The number of amides is 1. The third-order valence-electron chi connectivity index (χ3n) is 4.90. The molecule has 28 heavy (non-hydrogen) atoms. The van der Waals surface area contributed by atoms with E-state index in [2.05, 4.69) is 10.1 Å². The molecule has 0 bridgehead atoms. The molecule has 2 aliphatic rings. The second-order valence-corrected chi connectivity index (χ2v) is 6.83. The van der Waals surface area contributed by atoms with Gasteiger partial charge in [-0.3, -0.25) is 4.79 Å². The lowest BCUT2D eigenvalue weighted by Gasteiger charge is -2.16. The van der Waals surface area contributed by atoms with Gasteiger partial charge in [0.05, 0.1) is 5.92 Å². The van der Waals surface area contributed by atoms with Crippen LogP contribution in [0.1, 0.15) is 23.8 Å². The maximum atomic E-state index is 13.4. The van der Waals surface area contributed by atoms with Crippen LogP contribution in [0.2, 0.25) is 0 Å². The van der Waals surface area contributed by atoms with E-state index in [4.69, 9.17) is 14.0 Å². The first kappa shape index (κ1) is 16.7. The molecular weight excluding hydrogens is 365 g/mol. The molecule has 2 aromatic carbocycles. The Kier molecular flexibility index (Phi) is 3.96. The number of hydrogen-bond donors (Lipinski definition) is 0. The van der Waals surface area contributed by atoms with Gasteiger partial charge in [-0.25, -0.2) is 4.39 Å². The van der Waals surface area contributed by atoms with E-state index in [0.29, 0.717) is 48.3 Å². The highest BCUT2D eigenvalue weighted by Gasteiger charge is 2.34. The Labute approximate surface area is 159 Å². The van der Waals surface area contributed by atoms with E-state index in [9.17, 15) is 9.18 Å². The van der Waals surface area contributed by atoms with Crippen molar-refractivity contribution in [3.63, 3.8) is 0 Å². The highest BCUT2D eigenvalue weighted by Crippen LogP contribution is 2.34. The van der Waals surface area contributed by atoms with E-state index in [1.54, 1.807) is 17.0 Å². The van der Waals surface area contributed by atoms with Crippen molar-refractivity contribution < 1.29 is 23.2 Å². The third kappa shape index (κ3) is 3.06. The molecule has 5 rings (SSSR count). The summed E-state index contributed by atoms with van der Waals surface area (Å²) in [5.74, 6) is 1.58. The number of carbonyl (C=O) groups excluding carboxylic acids is 1. The van der Waals surface area contributed by atoms with Crippen molar-refractivity contribution >= 4 is 5.91 Å². The molecule has 3 heterocycles. The molecule has 0 saturated carbocycles. The molecule has 1 saturated heterocycles. The summed E-state index contributed by atoms with van der Waals surface area (Å²) in [4.78, 5) is 18.6. The number of aromatic nitrogens is 2. The highest BCUT2D eigenvalue weighted by molar-refractivity contribution is 5.79. The molecule has 0 radical (unpaired) electrons. The van der Waals surface area contributed by atoms with Crippen molar-refractivity contribution in [3.05, 3.63) is 59.7 Å². The monoisotopic (exact) mass is 381 g/mol. The number of carbonyl (C=O) groups is 1. The molecule has 2 aliphatic heterocycles. The summed E-state index contributed by atoms with van der Waals surface area (Å²) >= 11 is 0. The standard InChI is InChI=1S/C20H16FN3O4/c21-15-3-1-2-13(7-15)19-22-20(28-23-19)14-8-18(25)24(10-14)9-12-4-5-16-17(6-12)27-11-26-16/h1-7,14H,8-11H2. The topological polar surface area (TPSA) is 77.7 Å². The van der Waals surface area contributed by atoms with Gasteiger partial charge >= 0.3 is 0 Å². The summed E-state index contributed by atoms with van der Waals surface area (Å²) in [5.41, 5.74) is 1.50. The number of benzene rings is 2. The smallest absolute Gasteiger partial charge is 0.232 e. The van der Waals surface area contributed by atoms with Crippen LogP contribution in [0.3, 0.4) is 0 Å². The summed E-state index contributed by atoms with van der Waals surface area (Å²) in [7, 11) is 0. The Morgan fingerprint density at radius 2 is 2.04 bits per heavy atom. The molecule has 0 aliphatic carbocycles. The number of hydrogen-bond acceptors (Lipinski definition) is 6. The van der Waals surface area contributed by atoms with Crippen molar-refractivity contribution in [2.45, 2.75) is 18.9 Å². The molecule has 1 unspecified atom stereocenters. The highest BCUT2D eigenvalue weighted by atomic mass is 19.1. The fourth-order valence-electron chi connectivity index (χ4n) is 3.50. The molecule has 1 aromatic heterocycles. The van der Waals surface area contributed by atoms with Crippen LogP contribution in [0.15, 0.2) is 47.0 Å². The van der Waals surface area contributed by atoms with E-state index in [1.807, 2.05) is 18.2 Å². The van der Waals surface area contributed by atoms with Gasteiger partial charge < -0.3 is 18.9 Å². The second-order valence-electron chi connectivity index (χ2n) is 6.83. The Bertz CT molecular complexity index is 1050. The lowest BCUT2D eigenvalue weighted by atomic mass is 10.1. The fraction of sp³-hybridized carbons (Fsp3) is 0.250. The van der Waals surface area contributed by atoms with E-state index < -0.39 is 0 Å². The molecule has 8 heteroatoms. The van der Waals surface area contributed by atoms with Gasteiger partial charge in [-0.1, -0.05) is 23.4 Å². The van der Waals surface area contributed by atoms with Crippen molar-refractivity contribution in [1.82, 2.24) is 15.0 Å². The van der Waals surface area contributed by atoms with Crippen LogP contribution in [-0.2, 0) is 11.3 Å². The number of rotatable bonds is 4. The third-order valence-corrected chi connectivity index (χ3v) is 4.90. The number of likely N-dealkylation sites (tertiary alicyclic amines) is 1. The summed E-state index contributed by atoms with van der Waals surface area (Å²) < 4.78 is 29.5. The molecule has 1 fully saturated rings. The van der Waals surface area contributed by atoms with Gasteiger partial charge in [0.2, 0.25) is 24.4 Å².